The van der Waals surface area contributed by atoms with Gasteiger partial charge in [0.15, 0.2) is 0 Å². The Balaban J connectivity index is 1.87. The average molecular weight is 387 g/mol. The molecule has 1 fully saturated rings. The van der Waals surface area contributed by atoms with Crippen LogP contribution in [0.4, 0.5) is 14.6 Å². The van der Waals surface area contributed by atoms with Crippen LogP contribution in [0.1, 0.15) is 24.7 Å². The zero-order chi connectivity index (χ0) is 19.8. The van der Waals surface area contributed by atoms with E-state index in [1.807, 2.05) is 4.90 Å². The second-order valence-electron chi connectivity index (χ2n) is 6.80. The van der Waals surface area contributed by atoms with E-state index in [4.69, 9.17) is 0 Å². The normalized spacial score (nSPS) is 17.0. The number of aromatic nitrogens is 4. The van der Waals surface area contributed by atoms with Crippen molar-refractivity contribution in [1.29, 1.82) is 0 Å². The molecule has 0 radical (unpaired) electrons. The summed E-state index contributed by atoms with van der Waals surface area (Å²) < 4.78 is 28.8. The minimum Gasteiger partial charge on any atom is -0.345 e. The highest BCUT2D eigenvalue weighted by Gasteiger charge is 2.32. The Kier molecular flexibility index (Phi) is 4.66. The highest BCUT2D eigenvalue weighted by Crippen LogP contribution is 2.34. The fraction of sp³-hybridized carbons (Fsp3) is 0.368. The molecule has 4 rings (SSSR count). The van der Waals surface area contributed by atoms with E-state index in [9.17, 15) is 18.4 Å². The number of para-hydroxylation sites is 1. The van der Waals surface area contributed by atoms with Gasteiger partial charge in [-0.1, -0.05) is 12.1 Å². The third-order valence-corrected chi connectivity index (χ3v) is 5.00. The summed E-state index contributed by atoms with van der Waals surface area (Å²) in [6.45, 7) is -0.0791. The van der Waals surface area contributed by atoms with Crippen LogP contribution in [0.25, 0.3) is 10.9 Å². The van der Waals surface area contributed by atoms with Crippen molar-refractivity contribution < 1.29 is 8.78 Å². The Morgan fingerprint density at radius 3 is 2.71 bits per heavy atom. The van der Waals surface area contributed by atoms with Gasteiger partial charge in [0, 0.05) is 19.7 Å². The van der Waals surface area contributed by atoms with Gasteiger partial charge in [-0.25, -0.2) is 18.4 Å². The lowest BCUT2D eigenvalue weighted by Gasteiger charge is -2.27. The Bertz CT molecular complexity index is 1140. The van der Waals surface area contributed by atoms with Crippen molar-refractivity contribution in [3.63, 3.8) is 0 Å². The summed E-state index contributed by atoms with van der Waals surface area (Å²) in [5.41, 5.74) is -0.229. The van der Waals surface area contributed by atoms with E-state index in [1.165, 1.54) is 10.7 Å². The third-order valence-electron chi connectivity index (χ3n) is 5.00. The van der Waals surface area contributed by atoms with Crippen LogP contribution in [-0.4, -0.2) is 32.3 Å². The first-order valence-electron chi connectivity index (χ1n) is 9.04. The molecule has 1 unspecified atom stereocenters. The van der Waals surface area contributed by atoms with Crippen LogP contribution >= 0.6 is 0 Å². The number of nitrogens with zero attached hydrogens (tertiary/aromatic N) is 5. The van der Waals surface area contributed by atoms with E-state index >= 15 is 0 Å². The fourth-order valence-corrected chi connectivity index (χ4v) is 3.71. The Morgan fingerprint density at radius 2 is 1.96 bits per heavy atom. The first-order valence-corrected chi connectivity index (χ1v) is 9.04. The van der Waals surface area contributed by atoms with Gasteiger partial charge in [0.25, 0.3) is 17.5 Å². The molecule has 0 saturated carbocycles. The lowest BCUT2D eigenvalue weighted by atomic mass is 10.1. The molecule has 7 nitrogen and oxygen atoms in total. The number of anilines is 1. The van der Waals surface area contributed by atoms with E-state index in [0.717, 1.165) is 11.0 Å². The molecule has 0 aliphatic carbocycles. The second kappa shape index (κ2) is 7.14. The van der Waals surface area contributed by atoms with E-state index < -0.39 is 18.5 Å². The van der Waals surface area contributed by atoms with Gasteiger partial charge < -0.3 is 4.90 Å². The molecule has 0 amide bonds. The average Bonchev–Trinajstić information content (AvgIpc) is 3.15. The van der Waals surface area contributed by atoms with Crippen LogP contribution in [0.15, 0.2) is 46.0 Å². The summed E-state index contributed by atoms with van der Waals surface area (Å²) >= 11 is 0. The topological polar surface area (TPSA) is 73.0 Å². The molecule has 1 aliphatic heterocycles. The maximum absolute atomic E-state index is 13.2. The summed E-state index contributed by atoms with van der Waals surface area (Å²) in [7, 11) is 1.55. The molecule has 2 aromatic heterocycles. The number of fused-ring (bicyclic) bond motifs is 1. The number of aryl methyl sites for hydroxylation is 1. The minimum atomic E-state index is -2.68. The molecular formula is C19H19F2N5O2. The van der Waals surface area contributed by atoms with Crippen LogP contribution in [-0.2, 0) is 13.6 Å². The van der Waals surface area contributed by atoms with Crippen LogP contribution in [0.5, 0.6) is 0 Å². The summed E-state index contributed by atoms with van der Waals surface area (Å²) in [6.07, 6.45) is -1.23. The maximum atomic E-state index is 13.2. The molecule has 1 aliphatic rings. The molecule has 0 spiro atoms. The molecule has 28 heavy (non-hydrogen) atoms. The molecular weight excluding hydrogens is 368 g/mol. The van der Waals surface area contributed by atoms with Crippen molar-refractivity contribution in [1.82, 2.24) is 19.3 Å². The molecule has 0 bridgehead atoms. The van der Waals surface area contributed by atoms with Crippen molar-refractivity contribution in [3.05, 3.63) is 62.9 Å². The van der Waals surface area contributed by atoms with Gasteiger partial charge in [-0.05, 0) is 31.0 Å². The SMILES string of the molecule is Cn1nc(N2CCCC2c2nc3ccccc3c(=O)n2CC(F)F)ccc1=O. The number of hydrogen-bond acceptors (Lipinski definition) is 5. The number of rotatable bonds is 4. The lowest BCUT2D eigenvalue weighted by Crippen LogP contribution is -2.34. The van der Waals surface area contributed by atoms with E-state index in [2.05, 4.69) is 10.1 Å². The first-order chi connectivity index (χ1) is 13.5. The lowest BCUT2D eigenvalue weighted by molar-refractivity contribution is 0.123. The standard InChI is InChI=1S/C19H19F2N5O2/c1-24-17(27)9-8-16(23-24)25-10-4-7-14(25)18-22-13-6-3-2-5-12(13)19(28)26(18)11-15(20)21/h2-3,5-6,8-9,14-15H,4,7,10-11H2,1H3. The Hall–Kier alpha value is -3.10. The fourth-order valence-electron chi connectivity index (χ4n) is 3.71. The van der Waals surface area contributed by atoms with Crippen LogP contribution in [0.3, 0.4) is 0 Å². The van der Waals surface area contributed by atoms with Crippen molar-refractivity contribution in [2.75, 3.05) is 11.4 Å². The molecule has 3 aromatic rings. The zero-order valence-electron chi connectivity index (χ0n) is 15.3. The second-order valence-corrected chi connectivity index (χ2v) is 6.80. The van der Waals surface area contributed by atoms with Crippen molar-refractivity contribution in [2.24, 2.45) is 7.05 Å². The maximum Gasteiger partial charge on any atom is 0.266 e. The van der Waals surface area contributed by atoms with Crippen LogP contribution in [0.2, 0.25) is 0 Å². The number of halogens is 2. The smallest absolute Gasteiger partial charge is 0.266 e. The quantitative estimate of drug-likeness (QED) is 0.686. The summed E-state index contributed by atoms with van der Waals surface area (Å²) in [4.78, 5) is 31.0. The van der Waals surface area contributed by atoms with Gasteiger partial charge in [0.2, 0.25) is 0 Å². The monoisotopic (exact) mass is 387 g/mol. The van der Waals surface area contributed by atoms with Gasteiger partial charge in [0.1, 0.15) is 11.6 Å². The Labute approximate surface area is 158 Å². The van der Waals surface area contributed by atoms with Crippen molar-refractivity contribution >= 4 is 16.7 Å². The molecule has 1 atom stereocenters. The molecule has 3 heterocycles. The van der Waals surface area contributed by atoms with Gasteiger partial charge in [-0.3, -0.25) is 14.2 Å². The predicted molar refractivity (Wildman–Crippen MR) is 101 cm³/mol. The predicted octanol–water partition coefficient (Wildman–Crippen LogP) is 2.10. The molecule has 146 valence electrons. The summed E-state index contributed by atoms with van der Waals surface area (Å²) in [5.74, 6) is 0.854. The largest absolute Gasteiger partial charge is 0.345 e. The molecule has 0 N–H and O–H groups in total. The minimum absolute atomic E-state index is 0.238. The number of benzene rings is 1. The summed E-state index contributed by atoms with van der Waals surface area (Å²) in [6, 6.07) is 9.40. The van der Waals surface area contributed by atoms with Crippen LogP contribution < -0.4 is 16.0 Å². The van der Waals surface area contributed by atoms with Gasteiger partial charge in [-0.15, -0.1) is 0 Å². The molecule has 1 aromatic carbocycles. The molecule has 9 heteroatoms. The number of alkyl halides is 2. The van der Waals surface area contributed by atoms with Gasteiger partial charge in [0.05, 0.1) is 23.5 Å². The van der Waals surface area contributed by atoms with Crippen molar-refractivity contribution in [3.8, 4) is 0 Å². The zero-order valence-corrected chi connectivity index (χ0v) is 15.3. The Morgan fingerprint density at radius 1 is 1.18 bits per heavy atom. The number of hydrogen-bond donors (Lipinski definition) is 0. The molecule has 1 saturated heterocycles. The van der Waals surface area contributed by atoms with E-state index in [0.29, 0.717) is 35.5 Å². The van der Waals surface area contributed by atoms with Gasteiger partial charge >= 0.3 is 0 Å². The van der Waals surface area contributed by atoms with E-state index in [1.54, 1.807) is 37.4 Å². The first kappa shape index (κ1) is 18.3. The van der Waals surface area contributed by atoms with Crippen molar-refractivity contribution in [2.45, 2.75) is 31.9 Å². The highest BCUT2D eigenvalue weighted by molar-refractivity contribution is 5.77. The van der Waals surface area contributed by atoms with E-state index in [-0.39, 0.29) is 11.6 Å². The van der Waals surface area contributed by atoms with Gasteiger partial charge in [-0.2, -0.15) is 5.10 Å². The highest BCUT2D eigenvalue weighted by atomic mass is 19.3. The summed E-state index contributed by atoms with van der Waals surface area (Å²) in [5, 5.41) is 4.59. The van der Waals surface area contributed by atoms with Crippen LogP contribution in [0, 0.1) is 0 Å². The third kappa shape index (κ3) is 3.17.